The molecular weight excluding hydrogens is 500 g/mol. The molecule has 0 spiro atoms. The summed E-state index contributed by atoms with van der Waals surface area (Å²) in [5.74, 6) is -1.46. The Morgan fingerprint density at radius 2 is 1.92 bits per heavy atom. The lowest BCUT2D eigenvalue weighted by atomic mass is 9.98. The lowest BCUT2D eigenvalue weighted by Gasteiger charge is -2.51. The molecule has 0 bridgehead atoms. The number of amides is 2. The Balaban J connectivity index is 1.28. The first-order valence-electron chi connectivity index (χ1n) is 11.2. The van der Waals surface area contributed by atoms with E-state index in [-0.39, 0.29) is 12.3 Å². The normalized spacial score (nSPS) is 20.9. The van der Waals surface area contributed by atoms with Crippen molar-refractivity contribution in [3.63, 3.8) is 0 Å². The summed E-state index contributed by atoms with van der Waals surface area (Å²) in [5.41, 5.74) is 2.29. The van der Waals surface area contributed by atoms with Crippen LogP contribution >= 0.6 is 23.5 Å². The zero-order chi connectivity index (χ0) is 25.4. The zero-order valence-electron chi connectivity index (χ0n) is 19.2. The first-order valence-corrected chi connectivity index (χ1v) is 13.1. The van der Waals surface area contributed by atoms with Crippen molar-refractivity contribution in [2.24, 2.45) is 0 Å². The van der Waals surface area contributed by atoms with E-state index in [4.69, 9.17) is 4.42 Å². The van der Waals surface area contributed by atoms with Crippen LogP contribution in [0.2, 0.25) is 0 Å². The molecule has 184 valence electrons. The lowest BCUT2D eigenvalue weighted by Crippen LogP contribution is -2.74. The number of thioether (sulfide) groups is 2. The Morgan fingerprint density at radius 3 is 2.67 bits per heavy atom. The number of carbonyl (C=O) groups excluding carboxylic acids is 2. The third-order valence-corrected chi connectivity index (χ3v) is 8.44. The molecule has 3 heterocycles. The van der Waals surface area contributed by atoms with Gasteiger partial charge >= 0.3 is 11.6 Å². The number of carboxylic acid groups (broad SMARTS) is 1. The summed E-state index contributed by atoms with van der Waals surface area (Å²) in [4.78, 5) is 51.3. The van der Waals surface area contributed by atoms with E-state index < -0.39 is 35.0 Å². The summed E-state index contributed by atoms with van der Waals surface area (Å²) in [6.45, 7) is 1.84. The van der Waals surface area contributed by atoms with Crippen molar-refractivity contribution in [1.29, 1.82) is 0 Å². The second kappa shape index (κ2) is 9.87. The number of β-lactam (4-membered cyclic amide) rings is 1. The number of aliphatic carboxylic acids is 1. The minimum atomic E-state index is -1.12. The number of hydrogen-bond acceptors (Lipinski definition) is 7. The number of carbonyl (C=O) groups is 3. The Labute approximate surface area is 214 Å². The molecule has 1 fully saturated rings. The molecule has 0 saturated carbocycles. The van der Waals surface area contributed by atoms with Crippen LogP contribution in [0.3, 0.4) is 0 Å². The van der Waals surface area contributed by atoms with Gasteiger partial charge in [0.15, 0.2) is 6.04 Å². The highest BCUT2D eigenvalue weighted by atomic mass is 32.2. The van der Waals surface area contributed by atoms with Gasteiger partial charge in [-0.15, -0.1) is 23.5 Å². The predicted molar refractivity (Wildman–Crippen MR) is 138 cm³/mol. The number of benzene rings is 2. The average molecular weight is 523 g/mol. The third-order valence-electron chi connectivity index (χ3n) is 6.15. The van der Waals surface area contributed by atoms with Crippen LogP contribution in [0.15, 0.2) is 79.7 Å². The molecule has 2 aliphatic heterocycles. The van der Waals surface area contributed by atoms with Gasteiger partial charge in [0, 0.05) is 22.1 Å². The monoisotopic (exact) mass is 522 g/mol. The first-order chi connectivity index (χ1) is 17.3. The Bertz CT molecular complexity index is 1450. The molecule has 2 amide bonds. The number of nitrogens with one attached hydrogen (secondary N) is 1. The fraction of sp³-hybridized carbons (Fsp3) is 0.231. The fourth-order valence-electron chi connectivity index (χ4n) is 4.40. The molecule has 1 aromatic heterocycles. The van der Waals surface area contributed by atoms with E-state index in [0.717, 1.165) is 21.4 Å². The molecule has 5 rings (SSSR count). The van der Waals surface area contributed by atoms with Crippen molar-refractivity contribution in [3.8, 4) is 0 Å². The van der Waals surface area contributed by atoms with E-state index in [2.05, 4.69) is 5.32 Å². The van der Waals surface area contributed by atoms with Gasteiger partial charge in [-0.25, -0.2) is 9.59 Å². The number of aryl methyl sites for hydroxylation is 1. The second-order valence-corrected chi connectivity index (χ2v) is 10.6. The minimum Gasteiger partial charge on any atom is -0.479 e. The van der Waals surface area contributed by atoms with Crippen molar-refractivity contribution in [3.05, 3.63) is 87.1 Å². The molecule has 0 aliphatic carbocycles. The van der Waals surface area contributed by atoms with E-state index in [9.17, 15) is 24.3 Å². The third kappa shape index (κ3) is 4.66. The van der Waals surface area contributed by atoms with Crippen LogP contribution in [0.25, 0.3) is 11.0 Å². The maximum atomic E-state index is 12.9. The Kier molecular flexibility index (Phi) is 6.63. The van der Waals surface area contributed by atoms with Crippen LogP contribution in [0.4, 0.5) is 0 Å². The molecule has 3 atom stereocenters. The summed E-state index contributed by atoms with van der Waals surface area (Å²) in [6, 6.07) is 14.3. The average Bonchev–Trinajstić information content (AvgIpc) is 2.85. The van der Waals surface area contributed by atoms with Gasteiger partial charge in [0.05, 0.1) is 6.42 Å². The molecule has 2 N–H and O–H groups in total. The molecule has 1 saturated heterocycles. The van der Waals surface area contributed by atoms with Gasteiger partial charge in [-0.1, -0.05) is 30.3 Å². The molecule has 1 unspecified atom stereocenters. The standard InChI is InChI=1S/C26H22N2O6S2/c1-14-9-21(30)34-19-11-17(7-8-18(14)19)35-12-16-13-36-25-22(24(31)28(25)23(16)26(32)33)27-20(29)10-15-5-3-2-4-6-15/h2-9,11,13,22-23,25H,10,12H2,1H3,(H,27,29)(H,32,33)/t22-,23?,25-/m1/s1. The molecule has 3 aromatic rings. The highest BCUT2D eigenvalue weighted by molar-refractivity contribution is 8.03. The molecule has 2 aromatic carbocycles. The van der Waals surface area contributed by atoms with Crippen LogP contribution in [0.1, 0.15) is 11.1 Å². The largest absolute Gasteiger partial charge is 0.479 e. The van der Waals surface area contributed by atoms with Gasteiger partial charge < -0.3 is 19.7 Å². The maximum Gasteiger partial charge on any atom is 0.336 e. The summed E-state index contributed by atoms with van der Waals surface area (Å²) >= 11 is 2.74. The Morgan fingerprint density at radius 1 is 1.14 bits per heavy atom. The SMILES string of the molecule is Cc1cc(=O)oc2cc(SCC3=CS[C@@H]4[C@H](NC(=O)Cc5ccccc5)C(=O)N4C3C(=O)O)ccc12. The maximum absolute atomic E-state index is 12.9. The zero-order valence-corrected chi connectivity index (χ0v) is 20.8. The minimum absolute atomic E-state index is 0.146. The van der Waals surface area contributed by atoms with Crippen molar-refractivity contribution < 1.29 is 23.9 Å². The fourth-order valence-corrected chi connectivity index (χ4v) is 6.66. The number of fused-ring (bicyclic) bond motifs is 2. The van der Waals surface area contributed by atoms with Gasteiger partial charge in [-0.2, -0.15) is 0 Å². The van der Waals surface area contributed by atoms with E-state index in [1.54, 1.807) is 11.5 Å². The second-order valence-electron chi connectivity index (χ2n) is 8.61. The number of nitrogens with zero attached hydrogens (tertiary/aromatic N) is 1. The smallest absolute Gasteiger partial charge is 0.336 e. The van der Waals surface area contributed by atoms with Crippen LogP contribution in [-0.2, 0) is 20.8 Å². The van der Waals surface area contributed by atoms with Gasteiger partial charge in [-0.05, 0) is 47.2 Å². The van der Waals surface area contributed by atoms with Crippen molar-refractivity contribution in [2.45, 2.75) is 35.7 Å². The van der Waals surface area contributed by atoms with Gasteiger partial charge in [-0.3, -0.25) is 9.59 Å². The number of hydrogen-bond donors (Lipinski definition) is 2. The molecule has 0 radical (unpaired) electrons. The lowest BCUT2D eigenvalue weighted by molar-refractivity contribution is -0.160. The molecule has 10 heteroatoms. The van der Waals surface area contributed by atoms with Crippen LogP contribution in [-0.4, -0.2) is 51.0 Å². The van der Waals surface area contributed by atoms with Crippen molar-refractivity contribution >= 4 is 52.3 Å². The molecule has 36 heavy (non-hydrogen) atoms. The Hall–Kier alpha value is -3.50. The van der Waals surface area contributed by atoms with Crippen molar-refractivity contribution in [2.75, 3.05) is 5.75 Å². The van der Waals surface area contributed by atoms with Gasteiger partial charge in [0.2, 0.25) is 11.8 Å². The summed E-state index contributed by atoms with van der Waals surface area (Å²) in [7, 11) is 0. The predicted octanol–water partition coefficient (Wildman–Crippen LogP) is 3.17. The quantitative estimate of drug-likeness (QED) is 0.276. The highest BCUT2D eigenvalue weighted by Crippen LogP contribution is 2.41. The van der Waals surface area contributed by atoms with Crippen molar-refractivity contribution in [1.82, 2.24) is 10.2 Å². The highest BCUT2D eigenvalue weighted by Gasteiger charge is 2.55. The molecule has 2 aliphatic rings. The van der Waals surface area contributed by atoms with E-state index in [1.165, 1.54) is 34.5 Å². The number of rotatable bonds is 7. The topological polar surface area (TPSA) is 117 Å². The number of carboxylic acids is 1. The summed E-state index contributed by atoms with van der Waals surface area (Å²) < 4.78 is 5.30. The van der Waals surface area contributed by atoms with Crippen LogP contribution < -0.4 is 10.9 Å². The summed E-state index contributed by atoms with van der Waals surface area (Å²) in [6.07, 6.45) is 0.146. The molecule has 8 nitrogen and oxygen atoms in total. The van der Waals surface area contributed by atoms with Crippen LogP contribution in [0, 0.1) is 6.92 Å². The molecular formula is C26H22N2O6S2. The van der Waals surface area contributed by atoms with Crippen LogP contribution in [0.5, 0.6) is 0 Å². The van der Waals surface area contributed by atoms with E-state index in [1.807, 2.05) is 49.4 Å². The van der Waals surface area contributed by atoms with Gasteiger partial charge in [0.25, 0.3) is 0 Å². The van der Waals surface area contributed by atoms with Gasteiger partial charge in [0.1, 0.15) is 17.0 Å². The van der Waals surface area contributed by atoms with E-state index >= 15 is 0 Å². The van der Waals surface area contributed by atoms with E-state index in [0.29, 0.717) is 16.9 Å². The summed E-state index contributed by atoms with van der Waals surface area (Å²) in [5, 5.41) is 14.8. The first kappa shape index (κ1) is 24.2.